The van der Waals surface area contributed by atoms with Crippen molar-refractivity contribution in [3.05, 3.63) is 179 Å². The van der Waals surface area contributed by atoms with Crippen LogP contribution in [-0.4, -0.2) is 10.9 Å². The zero-order valence-corrected chi connectivity index (χ0v) is 26.5. The van der Waals surface area contributed by atoms with E-state index in [-0.39, 0.29) is 12.1 Å². The van der Waals surface area contributed by atoms with Crippen LogP contribution < -0.4 is 4.90 Å². The van der Waals surface area contributed by atoms with Crippen molar-refractivity contribution < 1.29 is 4.58 Å². The Hall–Kier alpha value is -5.21. The minimum Gasteiger partial charge on any atom is -0.221 e. The van der Waals surface area contributed by atoms with Gasteiger partial charge in [-0.2, -0.15) is 0 Å². The van der Waals surface area contributed by atoms with Gasteiger partial charge in [-0.15, -0.1) is 0 Å². The van der Waals surface area contributed by atoms with Gasteiger partial charge in [0.1, 0.15) is 11.4 Å². The van der Waals surface area contributed by atoms with Crippen molar-refractivity contribution >= 4 is 17.7 Å². The highest BCUT2D eigenvalue weighted by atomic mass is 15.3. The smallest absolute Gasteiger partial charge is 0.221 e. The van der Waals surface area contributed by atoms with E-state index in [2.05, 4.69) is 189 Å². The van der Waals surface area contributed by atoms with E-state index in [0.717, 1.165) is 0 Å². The van der Waals surface area contributed by atoms with Gasteiger partial charge in [0.05, 0.1) is 0 Å². The standard InChI is InChI=1S/C43H39N2/c1-30-23-31(2)26-36(25-30)38-19-11-13-21-40(38)44-29-45(41-22-14-12-20-39(41)37-27-32(3)24-33(4)28-37)43(35-17-9-6-10-18-35)42(44)34-15-7-5-8-16-34/h5-29,42-43H,1-4H3/q+1/t42-,43-/m0/s1. The normalized spacial score (nSPS) is 16.1. The van der Waals surface area contributed by atoms with E-state index < -0.39 is 0 Å². The van der Waals surface area contributed by atoms with E-state index in [1.54, 1.807) is 0 Å². The van der Waals surface area contributed by atoms with Gasteiger partial charge in [-0.05, 0) is 51.0 Å². The highest BCUT2D eigenvalue weighted by Gasteiger charge is 2.46. The molecule has 6 aromatic rings. The maximum atomic E-state index is 2.51. The maximum Gasteiger partial charge on any atom is 0.245 e. The zero-order chi connectivity index (χ0) is 30.9. The summed E-state index contributed by atoms with van der Waals surface area (Å²) >= 11 is 0. The van der Waals surface area contributed by atoms with E-state index in [1.807, 2.05) is 0 Å². The molecule has 0 spiro atoms. The molecular weight excluding hydrogens is 544 g/mol. The second kappa shape index (κ2) is 12.1. The molecule has 7 rings (SSSR count). The third-order valence-electron chi connectivity index (χ3n) is 8.86. The van der Waals surface area contributed by atoms with Gasteiger partial charge in [0.2, 0.25) is 6.34 Å². The molecule has 0 amide bonds. The molecular formula is C43H39N2+. The predicted molar refractivity (Wildman–Crippen MR) is 190 cm³/mol. The fourth-order valence-electron chi connectivity index (χ4n) is 7.14. The second-order valence-corrected chi connectivity index (χ2v) is 12.4. The molecule has 0 N–H and O–H groups in total. The van der Waals surface area contributed by atoms with Gasteiger partial charge in [0.15, 0.2) is 12.1 Å². The summed E-state index contributed by atoms with van der Waals surface area (Å²) in [5, 5.41) is 0. The van der Waals surface area contributed by atoms with Crippen molar-refractivity contribution in [2.75, 3.05) is 4.90 Å². The molecule has 1 aliphatic heterocycles. The highest BCUT2D eigenvalue weighted by molar-refractivity contribution is 5.90. The fraction of sp³-hybridized carbons (Fsp3) is 0.140. The van der Waals surface area contributed by atoms with Crippen LogP contribution in [0, 0.1) is 27.7 Å². The van der Waals surface area contributed by atoms with E-state index in [4.69, 9.17) is 0 Å². The van der Waals surface area contributed by atoms with Crippen LogP contribution in [0.15, 0.2) is 146 Å². The molecule has 2 nitrogen and oxygen atoms in total. The molecule has 6 aromatic carbocycles. The van der Waals surface area contributed by atoms with Crippen LogP contribution in [0.4, 0.5) is 11.4 Å². The summed E-state index contributed by atoms with van der Waals surface area (Å²) in [7, 11) is 0. The molecule has 0 saturated carbocycles. The number of aryl methyl sites for hydroxylation is 4. The van der Waals surface area contributed by atoms with Gasteiger partial charge in [-0.3, -0.25) is 0 Å². The number of nitrogens with zero attached hydrogens (tertiary/aromatic N) is 2. The van der Waals surface area contributed by atoms with Crippen molar-refractivity contribution in [1.82, 2.24) is 0 Å². The summed E-state index contributed by atoms with van der Waals surface area (Å²) in [6.45, 7) is 8.74. The first-order valence-corrected chi connectivity index (χ1v) is 15.8. The quantitative estimate of drug-likeness (QED) is 0.177. The molecule has 2 atom stereocenters. The lowest BCUT2D eigenvalue weighted by Gasteiger charge is -2.26. The van der Waals surface area contributed by atoms with Crippen LogP contribution in [-0.2, 0) is 0 Å². The number of hydrogen-bond acceptors (Lipinski definition) is 1. The van der Waals surface area contributed by atoms with Crippen LogP contribution in [0.25, 0.3) is 22.3 Å². The largest absolute Gasteiger partial charge is 0.245 e. The van der Waals surface area contributed by atoms with Crippen molar-refractivity contribution in [3.63, 3.8) is 0 Å². The molecule has 2 heteroatoms. The van der Waals surface area contributed by atoms with Crippen LogP contribution >= 0.6 is 0 Å². The molecule has 0 fully saturated rings. The van der Waals surface area contributed by atoms with Crippen LogP contribution in [0.5, 0.6) is 0 Å². The van der Waals surface area contributed by atoms with E-state index in [1.165, 1.54) is 67.0 Å². The first-order chi connectivity index (χ1) is 22.0. The average Bonchev–Trinajstić information content (AvgIpc) is 3.45. The third-order valence-corrected chi connectivity index (χ3v) is 8.86. The minimum absolute atomic E-state index is 0.0351. The monoisotopic (exact) mass is 583 g/mol. The van der Waals surface area contributed by atoms with Gasteiger partial charge in [-0.1, -0.05) is 156 Å². The number of anilines is 1. The molecule has 0 unspecified atom stereocenters. The van der Waals surface area contributed by atoms with Crippen molar-refractivity contribution in [3.8, 4) is 22.3 Å². The van der Waals surface area contributed by atoms with Crippen LogP contribution in [0.3, 0.4) is 0 Å². The SMILES string of the molecule is Cc1cc(C)cc(-c2ccccc2N2C=[N+](c3ccccc3-c3cc(C)cc(C)c3)[C@@H](c3ccccc3)[C@@H]2c2ccccc2)c1. The Kier molecular flexibility index (Phi) is 7.65. The Balaban J connectivity index is 1.50. The third kappa shape index (κ3) is 5.60. The van der Waals surface area contributed by atoms with Gasteiger partial charge in [0.25, 0.3) is 0 Å². The van der Waals surface area contributed by atoms with E-state index in [0.29, 0.717) is 0 Å². The summed E-state index contributed by atoms with van der Waals surface area (Å²) in [6.07, 6.45) is 2.36. The Labute approximate surface area is 267 Å². The molecule has 0 aromatic heterocycles. The Morgan fingerprint density at radius 3 is 1.53 bits per heavy atom. The molecule has 0 bridgehead atoms. The Morgan fingerprint density at radius 2 is 0.933 bits per heavy atom. The lowest BCUT2D eigenvalue weighted by Crippen LogP contribution is -2.26. The molecule has 45 heavy (non-hydrogen) atoms. The van der Waals surface area contributed by atoms with Gasteiger partial charge < -0.3 is 0 Å². The zero-order valence-electron chi connectivity index (χ0n) is 26.5. The predicted octanol–water partition coefficient (Wildman–Crippen LogP) is 10.9. The van der Waals surface area contributed by atoms with Crippen molar-refractivity contribution in [2.24, 2.45) is 0 Å². The summed E-state index contributed by atoms with van der Waals surface area (Å²) in [5.41, 5.74) is 15.0. The van der Waals surface area contributed by atoms with Gasteiger partial charge in [0, 0.05) is 22.3 Å². The van der Waals surface area contributed by atoms with E-state index >= 15 is 0 Å². The number of benzene rings is 6. The average molecular weight is 584 g/mol. The first-order valence-electron chi connectivity index (χ1n) is 15.8. The Morgan fingerprint density at radius 1 is 0.467 bits per heavy atom. The topological polar surface area (TPSA) is 6.25 Å². The second-order valence-electron chi connectivity index (χ2n) is 12.4. The highest BCUT2D eigenvalue weighted by Crippen LogP contribution is 2.48. The molecule has 0 radical (unpaired) electrons. The molecule has 1 heterocycles. The van der Waals surface area contributed by atoms with Crippen molar-refractivity contribution in [1.29, 1.82) is 0 Å². The number of rotatable bonds is 6. The number of para-hydroxylation sites is 2. The minimum atomic E-state index is 0.0351. The first kappa shape index (κ1) is 28.6. The Bertz CT molecular complexity index is 1970. The summed E-state index contributed by atoms with van der Waals surface area (Å²) in [4.78, 5) is 2.51. The van der Waals surface area contributed by atoms with Gasteiger partial charge >= 0.3 is 0 Å². The molecule has 1 aliphatic rings. The van der Waals surface area contributed by atoms with Crippen LogP contribution in [0.1, 0.15) is 45.5 Å². The maximum absolute atomic E-state index is 2.51. The summed E-state index contributed by atoms with van der Waals surface area (Å²) < 4.78 is 2.51. The van der Waals surface area contributed by atoms with E-state index in [9.17, 15) is 0 Å². The number of hydrogen-bond donors (Lipinski definition) is 0. The lowest BCUT2D eigenvalue weighted by molar-refractivity contribution is -0.480. The van der Waals surface area contributed by atoms with Crippen LogP contribution in [0.2, 0.25) is 0 Å². The van der Waals surface area contributed by atoms with Crippen molar-refractivity contribution in [2.45, 2.75) is 39.8 Å². The summed E-state index contributed by atoms with van der Waals surface area (Å²) in [6, 6.07) is 53.5. The fourth-order valence-corrected chi connectivity index (χ4v) is 7.14. The molecule has 0 aliphatic carbocycles. The molecule has 220 valence electrons. The lowest BCUT2D eigenvalue weighted by atomic mass is 9.91. The molecule has 0 saturated heterocycles. The summed E-state index contributed by atoms with van der Waals surface area (Å²) in [5.74, 6) is 0. The van der Waals surface area contributed by atoms with Gasteiger partial charge in [-0.25, -0.2) is 9.48 Å².